The second-order valence-electron chi connectivity index (χ2n) is 8.07. The van der Waals surface area contributed by atoms with Crippen molar-refractivity contribution in [3.63, 3.8) is 0 Å². The number of aryl methyl sites for hydroxylation is 2. The van der Waals surface area contributed by atoms with Crippen LogP contribution in [0.4, 0.5) is 26.3 Å². The molecular weight excluding hydrogens is 478 g/mol. The Kier molecular flexibility index (Phi) is 5.87. The molecule has 0 saturated heterocycles. The smallest absolute Gasteiger partial charge is 0.430 e. The van der Waals surface area contributed by atoms with Gasteiger partial charge in [0.05, 0.1) is 19.2 Å². The summed E-state index contributed by atoms with van der Waals surface area (Å²) in [5, 5.41) is 9.84. The Balaban J connectivity index is 1.75. The molecule has 0 amide bonds. The van der Waals surface area contributed by atoms with Crippen LogP contribution < -0.4 is 4.74 Å². The number of nitrogens with zero attached hydrogens (tertiary/aromatic N) is 2. The molecule has 0 bridgehead atoms. The average Bonchev–Trinajstić information content (AvgIpc) is 3.30. The molecule has 0 atom stereocenters. The molecule has 2 aromatic heterocycles. The quantitative estimate of drug-likeness (QED) is 0.329. The number of benzene rings is 2. The van der Waals surface area contributed by atoms with E-state index in [0.29, 0.717) is 52.0 Å². The maximum absolute atomic E-state index is 13.3. The lowest BCUT2D eigenvalue weighted by molar-refractivity contribution is -0.376. The second kappa shape index (κ2) is 8.33. The fraction of sp³-hybridized carbons (Fsp3) is 0.292. The number of ether oxygens (including phenoxy) is 1. The maximum Gasteiger partial charge on any atom is 0.430 e. The van der Waals surface area contributed by atoms with Gasteiger partial charge in [0, 0.05) is 22.2 Å². The molecule has 4 aromatic rings. The number of hydrogen-bond acceptors (Lipinski definition) is 4. The number of methoxy groups -OCH3 is 1. The lowest BCUT2D eigenvalue weighted by Crippen LogP contribution is -2.53. The number of halogens is 6. The number of alkyl halides is 6. The molecule has 0 aliphatic rings. The van der Waals surface area contributed by atoms with E-state index in [0.717, 1.165) is 6.07 Å². The van der Waals surface area contributed by atoms with Crippen molar-refractivity contribution in [3.8, 4) is 17.2 Å². The average molecular weight is 498 g/mol. The first kappa shape index (κ1) is 24.6. The zero-order chi connectivity index (χ0) is 25.8. The summed E-state index contributed by atoms with van der Waals surface area (Å²) in [6, 6.07) is 11.0. The van der Waals surface area contributed by atoms with Crippen LogP contribution in [0.5, 0.6) is 5.75 Å². The van der Waals surface area contributed by atoms with Gasteiger partial charge in [0.1, 0.15) is 17.2 Å². The molecule has 1 N–H and O–H groups in total. The number of rotatable bonds is 5. The van der Waals surface area contributed by atoms with Gasteiger partial charge in [-0.2, -0.15) is 26.3 Å². The van der Waals surface area contributed by atoms with Gasteiger partial charge < -0.3 is 18.8 Å². The van der Waals surface area contributed by atoms with E-state index in [9.17, 15) is 31.4 Å². The molecule has 186 valence electrons. The summed E-state index contributed by atoms with van der Waals surface area (Å²) < 4.78 is 92.6. The second-order valence-corrected chi connectivity index (χ2v) is 8.07. The molecule has 0 aliphatic heterocycles. The highest BCUT2D eigenvalue weighted by atomic mass is 19.4. The SMILES string of the molecule is COc1ccccc1-c1nc(Cn2c(C)cc3cc(C(O)(C(F)(F)F)C(F)(F)F)ccc32)c(C)o1. The van der Waals surface area contributed by atoms with E-state index in [2.05, 4.69) is 4.98 Å². The minimum Gasteiger partial charge on any atom is -0.496 e. The zero-order valence-corrected chi connectivity index (χ0v) is 18.8. The molecule has 2 aromatic carbocycles. The van der Waals surface area contributed by atoms with E-state index < -0.39 is 23.5 Å². The first-order valence-electron chi connectivity index (χ1n) is 10.3. The topological polar surface area (TPSA) is 60.4 Å². The van der Waals surface area contributed by atoms with Gasteiger partial charge in [-0.15, -0.1) is 0 Å². The third-order valence-electron chi connectivity index (χ3n) is 5.88. The van der Waals surface area contributed by atoms with Gasteiger partial charge in [0.25, 0.3) is 5.60 Å². The summed E-state index contributed by atoms with van der Waals surface area (Å²) in [4.78, 5) is 4.53. The van der Waals surface area contributed by atoms with Crippen LogP contribution >= 0.6 is 0 Å². The molecule has 0 aliphatic carbocycles. The standard InChI is InChI=1S/C24H20F6N2O3/c1-13-10-15-11-16(22(33,23(25,26)27)24(28,29)30)8-9-19(15)32(13)12-18-14(2)35-21(31-18)17-6-4-5-7-20(17)34-3/h4-11,33H,12H2,1-3H3. The van der Waals surface area contributed by atoms with E-state index in [4.69, 9.17) is 9.15 Å². The van der Waals surface area contributed by atoms with E-state index in [-0.39, 0.29) is 11.9 Å². The Hall–Kier alpha value is -3.47. The van der Waals surface area contributed by atoms with Crippen molar-refractivity contribution < 1.29 is 40.6 Å². The normalized spacial score (nSPS) is 13.0. The highest BCUT2D eigenvalue weighted by Gasteiger charge is 2.71. The van der Waals surface area contributed by atoms with E-state index in [1.807, 2.05) is 0 Å². The molecule has 0 saturated carbocycles. The molecule has 35 heavy (non-hydrogen) atoms. The summed E-state index contributed by atoms with van der Waals surface area (Å²) in [6.45, 7) is 3.52. The first-order chi connectivity index (χ1) is 16.3. The van der Waals surface area contributed by atoms with Crippen LogP contribution in [0.25, 0.3) is 22.4 Å². The van der Waals surface area contributed by atoms with Crippen molar-refractivity contribution in [2.24, 2.45) is 0 Å². The Bertz CT molecular complexity index is 1370. The van der Waals surface area contributed by atoms with Crippen molar-refractivity contribution in [3.05, 3.63) is 71.2 Å². The minimum atomic E-state index is -5.96. The number of aromatic nitrogens is 2. The van der Waals surface area contributed by atoms with E-state index in [1.54, 1.807) is 42.7 Å². The minimum absolute atomic E-state index is 0.109. The third-order valence-corrected chi connectivity index (χ3v) is 5.88. The summed E-state index contributed by atoms with van der Waals surface area (Å²) in [5.41, 5.74) is -4.20. The predicted octanol–water partition coefficient (Wildman–Crippen LogP) is 6.28. The van der Waals surface area contributed by atoms with Crippen LogP contribution in [0.2, 0.25) is 0 Å². The molecule has 11 heteroatoms. The molecule has 0 unspecified atom stereocenters. The van der Waals surface area contributed by atoms with Crippen molar-refractivity contribution in [1.29, 1.82) is 0 Å². The monoisotopic (exact) mass is 498 g/mol. The largest absolute Gasteiger partial charge is 0.496 e. The van der Waals surface area contributed by atoms with E-state index in [1.165, 1.54) is 13.2 Å². The Morgan fingerprint density at radius 1 is 0.971 bits per heavy atom. The molecule has 2 heterocycles. The third kappa shape index (κ3) is 4.03. The predicted molar refractivity (Wildman–Crippen MR) is 115 cm³/mol. The van der Waals surface area contributed by atoms with Crippen molar-refractivity contribution in [2.75, 3.05) is 7.11 Å². The van der Waals surface area contributed by atoms with Crippen molar-refractivity contribution in [1.82, 2.24) is 9.55 Å². The van der Waals surface area contributed by atoms with Gasteiger partial charge >= 0.3 is 12.4 Å². The van der Waals surface area contributed by atoms with Gasteiger partial charge in [0.15, 0.2) is 0 Å². The van der Waals surface area contributed by atoms with Crippen LogP contribution in [0, 0.1) is 13.8 Å². The van der Waals surface area contributed by atoms with Crippen LogP contribution in [0.15, 0.2) is 52.9 Å². The fourth-order valence-electron chi connectivity index (χ4n) is 3.99. The molecule has 0 spiro atoms. The van der Waals surface area contributed by atoms with Gasteiger partial charge in [0.2, 0.25) is 5.89 Å². The summed E-state index contributed by atoms with van der Waals surface area (Å²) in [5.74, 6) is 1.36. The van der Waals surface area contributed by atoms with Crippen molar-refractivity contribution in [2.45, 2.75) is 38.3 Å². The number of oxazole rings is 1. The summed E-state index contributed by atoms with van der Waals surface area (Å²) in [6.07, 6.45) is -11.9. The Labute approximate surface area is 195 Å². The fourth-order valence-corrected chi connectivity index (χ4v) is 3.99. The maximum atomic E-state index is 13.3. The number of para-hydroxylation sites is 1. The zero-order valence-electron chi connectivity index (χ0n) is 18.8. The van der Waals surface area contributed by atoms with Gasteiger partial charge in [-0.05, 0) is 44.2 Å². The van der Waals surface area contributed by atoms with Gasteiger partial charge in [-0.3, -0.25) is 0 Å². The summed E-state index contributed by atoms with van der Waals surface area (Å²) in [7, 11) is 1.51. The number of fused-ring (bicyclic) bond motifs is 1. The highest BCUT2D eigenvalue weighted by Crippen LogP contribution is 2.50. The lowest BCUT2D eigenvalue weighted by atomic mass is 9.91. The summed E-state index contributed by atoms with van der Waals surface area (Å²) >= 11 is 0. The first-order valence-corrected chi connectivity index (χ1v) is 10.3. The van der Waals surface area contributed by atoms with Crippen LogP contribution in [0.3, 0.4) is 0 Å². The molecule has 0 fully saturated rings. The highest BCUT2D eigenvalue weighted by molar-refractivity contribution is 5.82. The van der Waals surface area contributed by atoms with Crippen LogP contribution in [-0.2, 0) is 12.1 Å². The number of aliphatic hydroxyl groups is 1. The number of hydrogen-bond donors (Lipinski definition) is 1. The van der Waals surface area contributed by atoms with Gasteiger partial charge in [-0.25, -0.2) is 4.98 Å². The van der Waals surface area contributed by atoms with Gasteiger partial charge in [-0.1, -0.05) is 18.2 Å². The molecule has 5 nitrogen and oxygen atoms in total. The Morgan fingerprint density at radius 2 is 1.63 bits per heavy atom. The lowest BCUT2D eigenvalue weighted by Gasteiger charge is -2.32. The molecule has 0 radical (unpaired) electrons. The van der Waals surface area contributed by atoms with Crippen LogP contribution in [-0.4, -0.2) is 34.1 Å². The van der Waals surface area contributed by atoms with Crippen molar-refractivity contribution >= 4 is 10.9 Å². The molecular formula is C24H20F6N2O3. The Morgan fingerprint density at radius 3 is 2.26 bits per heavy atom. The molecule has 4 rings (SSSR count). The van der Waals surface area contributed by atoms with Crippen LogP contribution in [0.1, 0.15) is 22.7 Å². The van der Waals surface area contributed by atoms with E-state index >= 15 is 0 Å².